The summed E-state index contributed by atoms with van der Waals surface area (Å²) in [5.74, 6) is -0.914. The van der Waals surface area contributed by atoms with Crippen molar-refractivity contribution in [2.24, 2.45) is 5.73 Å². The Morgan fingerprint density at radius 2 is 1.29 bits per heavy atom. The third-order valence-electron chi connectivity index (χ3n) is 5.53. The van der Waals surface area contributed by atoms with Gasteiger partial charge in [-0.1, -0.05) is 70.4 Å². The molecule has 0 fully saturated rings. The third kappa shape index (κ3) is 31.4. The van der Waals surface area contributed by atoms with Crippen LogP contribution in [-0.4, -0.2) is 55.9 Å². The Morgan fingerprint density at radius 1 is 0.806 bits per heavy atom. The summed E-state index contributed by atoms with van der Waals surface area (Å²) in [6, 6.07) is 0. The predicted octanol–water partition coefficient (Wildman–Crippen LogP) is 4.57. The molecule has 0 spiro atoms. The first-order valence-corrected chi connectivity index (χ1v) is 12.9. The normalized spacial score (nSPS) is 11.5. The molecule has 5 heteroatoms. The Hall–Kier alpha value is -0.910. The van der Waals surface area contributed by atoms with Gasteiger partial charge in [0.15, 0.2) is 0 Å². The predicted molar refractivity (Wildman–Crippen MR) is 132 cm³/mol. The van der Waals surface area contributed by atoms with Crippen molar-refractivity contribution in [1.29, 1.82) is 0 Å². The highest BCUT2D eigenvalue weighted by atomic mass is 16.4. The fourth-order valence-corrected chi connectivity index (χ4v) is 3.47. The van der Waals surface area contributed by atoms with Gasteiger partial charge in [-0.15, -0.1) is 0 Å². The van der Waals surface area contributed by atoms with E-state index in [0.29, 0.717) is 6.61 Å². The first-order valence-electron chi connectivity index (χ1n) is 12.9. The molecule has 0 saturated carbocycles. The number of carboxylic acid groups (broad SMARTS) is 1. The molecule has 0 aromatic carbocycles. The molecule has 0 amide bonds. The molecule has 0 aromatic heterocycles. The van der Waals surface area contributed by atoms with Crippen molar-refractivity contribution < 1.29 is 19.5 Å². The Morgan fingerprint density at radius 3 is 1.77 bits per heavy atom. The van der Waals surface area contributed by atoms with Crippen LogP contribution in [0.1, 0.15) is 110 Å². The molecule has 0 bridgehead atoms. The van der Waals surface area contributed by atoms with Gasteiger partial charge in [-0.25, -0.2) is 0 Å². The number of carboxylic acids is 1. The largest absolute Gasteiger partial charge is 0.550 e. The molecule has 0 unspecified atom stereocenters. The molecular formula is C26H54N2O3. The second kappa shape index (κ2) is 25.4. The molecule has 186 valence electrons. The van der Waals surface area contributed by atoms with Crippen LogP contribution in [0.3, 0.4) is 0 Å². The summed E-state index contributed by atoms with van der Waals surface area (Å²) in [6.07, 6.45) is 22.9. The quantitative estimate of drug-likeness (QED) is 0.155. The van der Waals surface area contributed by atoms with Crippen LogP contribution in [0.25, 0.3) is 0 Å². The molecule has 0 atom stereocenters. The van der Waals surface area contributed by atoms with Crippen LogP contribution in [0, 0.1) is 0 Å². The standard InChI is InChI=1S/C18H34O2.C8H21N2O/c1-2-3-4-5-6-7-8-9-10-11-12-13-14-15-16-17-18(19)20;1-10(2,6-3-5-9)7-4-8-11/h9-10H,2-8,11-17H2,1H3,(H,19,20);11H,3-9H2,1-2H3/q;+1/p-1/b10-9-;. The van der Waals surface area contributed by atoms with Crippen molar-refractivity contribution in [2.75, 3.05) is 40.3 Å². The zero-order valence-electron chi connectivity index (χ0n) is 21.1. The summed E-state index contributed by atoms with van der Waals surface area (Å²) in [4.78, 5) is 10.2. The summed E-state index contributed by atoms with van der Waals surface area (Å²) in [5, 5.41) is 18.8. The van der Waals surface area contributed by atoms with Crippen LogP contribution in [0.2, 0.25) is 0 Å². The summed E-state index contributed by atoms with van der Waals surface area (Å²) in [5.41, 5.74) is 5.40. The van der Waals surface area contributed by atoms with Crippen LogP contribution in [0.4, 0.5) is 0 Å². The molecule has 5 nitrogen and oxygen atoms in total. The monoisotopic (exact) mass is 442 g/mol. The van der Waals surface area contributed by atoms with Crippen LogP contribution in [0.5, 0.6) is 0 Å². The number of quaternary nitrogens is 1. The van der Waals surface area contributed by atoms with Gasteiger partial charge >= 0.3 is 0 Å². The molecule has 0 saturated heterocycles. The highest BCUT2D eigenvalue weighted by molar-refractivity contribution is 5.63. The minimum absolute atomic E-state index is 0.220. The van der Waals surface area contributed by atoms with Gasteiger partial charge in [0.25, 0.3) is 0 Å². The van der Waals surface area contributed by atoms with Crippen molar-refractivity contribution in [3.05, 3.63) is 12.2 Å². The molecule has 0 aliphatic rings. The highest BCUT2D eigenvalue weighted by Gasteiger charge is 2.12. The number of carbonyl (C=O) groups is 1. The molecule has 0 radical (unpaired) electrons. The van der Waals surface area contributed by atoms with E-state index < -0.39 is 5.97 Å². The fraction of sp³-hybridized carbons (Fsp3) is 0.885. The molecule has 0 aromatic rings. The maximum absolute atomic E-state index is 10.2. The van der Waals surface area contributed by atoms with Gasteiger partial charge in [0.2, 0.25) is 0 Å². The number of nitrogens with zero attached hydrogens (tertiary/aromatic N) is 1. The lowest BCUT2D eigenvalue weighted by molar-refractivity contribution is -0.890. The average Bonchev–Trinajstić information content (AvgIpc) is 2.74. The summed E-state index contributed by atoms with van der Waals surface area (Å²) < 4.78 is 0.970. The molecule has 0 rings (SSSR count). The Balaban J connectivity index is 0. The fourth-order valence-electron chi connectivity index (χ4n) is 3.47. The van der Waals surface area contributed by atoms with Gasteiger partial charge < -0.3 is 25.2 Å². The van der Waals surface area contributed by atoms with E-state index in [9.17, 15) is 9.90 Å². The van der Waals surface area contributed by atoms with Crippen LogP contribution >= 0.6 is 0 Å². The molecule has 0 aliphatic heterocycles. The van der Waals surface area contributed by atoms with Crippen LogP contribution < -0.4 is 10.8 Å². The van der Waals surface area contributed by atoms with E-state index in [1.165, 1.54) is 64.2 Å². The van der Waals surface area contributed by atoms with E-state index >= 15 is 0 Å². The molecule has 0 heterocycles. The summed E-state index contributed by atoms with van der Waals surface area (Å²) in [6.45, 7) is 5.46. The van der Waals surface area contributed by atoms with E-state index in [4.69, 9.17) is 10.8 Å². The number of unbranched alkanes of at least 4 members (excludes halogenated alkanes) is 11. The number of hydrogen-bond donors (Lipinski definition) is 2. The first-order chi connectivity index (χ1) is 14.9. The van der Waals surface area contributed by atoms with E-state index in [-0.39, 0.29) is 6.42 Å². The lowest BCUT2D eigenvalue weighted by Gasteiger charge is -2.29. The maximum atomic E-state index is 10.2. The van der Waals surface area contributed by atoms with Crippen molar-refractivity contribution in [3.8, 4) is 0 Å². The third-order valence-corrected chi connectivity index (χ3v) is 5.53. The maximum Gasteiger partial charge on any atom is 0.0804 e. The lowest BCUT2D eigenvalue weighted by Crippen LogP contribution is -2.42. The Bertz CT molecular complexity index is 388. The van der Waals surface area contributed by atoms with Gasteiger partial charge in [-0.05, 0) is 45.1 Å². The first kappa shape index (κ1) is 32.3. The number of aliphatic hydroxyl groups is 1. The van der Waals surface area contributed by atoms with Crippen LogP contribution in [-0.2, 0) is 4.79 Å². The van der Waals surface area contributed by atoms with E-state index in [2.05, 4.69) is 33.2 Å². The van der Waals surface area contributed by atoms with Crippen molar-refractivity contribution in [3.63, 3.8) is 0 Å². The SMILES string of the molecule is CCCCCCCC/C=C\CCCCCCCC(=O)[O-].C[N+](C)(CCCN)CCCO. The van der Waals surface area contributed by atoms with E-state index in [0.717, 1.165) is 56.2 Å². The minimum atomic E-state index is -0.914. The Labute approximate surface area is 193 Å². The van der Waals surface area contributed by atoms with Gasteiger partial charge in [-0.2, -0.15) is 0 Å². The van der Waals surface area contributed by atoms with Gasteiger partial charge in [0, 0.05) is 25.4 Å². The number of hydrogen-bond acceptors (Lipinski definition) is 4. The second-order valence-corrected chi connectivity index (χ2v) is 9.31. The minimum Gasteiger partial charge on any atom is -0.550 e. The number of nitrogens with two attached hydrogens (primary N) is 1. The summed E-state index contributed by atoms with van der Waals surface area (Å²) in [7, 11) is 4.34. The number of allylic oxidation sites excluding steroid dienone is 2. The second-order valence-electron chi connectivity index (χ2n) is 9.31. The summed E-state index contributed by atoms with van der Waals surface area (Å²) >= 11 is 0. The van der Waals surface area contributed by atoms with Crippen LogP contribution in [0.15, 0.2) is 12.2 Å². The number of aliphatic hydroxyl groups excluding tert-OH is 1. The number of aliphatic carboxylic acids is 1. The van der Waals surface area contributed by atoms with Gasteiger partial charge in [-0.3, -0.25) is 0 Å². The van der Waals surface area contributed by atoms with E-state index in [1.807, 2.05) is 0 Å². The molecule has 0 aliphatic carbocycles. The van der Waals surface area contributed by atoms with Crippen molar-refractivity contribution in [2.45, 2.75) is 110 Å². The van der Waals surface area contributed by atoms with Crippen molar-refractivity contribution >= 4 is 5.97 Å². The number of carbonyl (C=O) groups excluding carboxylic acids is 1. The smallest absolute Gasteiger partial charge is 0.0804 e. The zero-order valence-corrected chi connectivity index (χ0v) is 21.1. The molecular weight excluding hydrogens is 388 g/mol. The molecule has 31 heavy (non-hydrogen) atoms. The lowest BCUT2D eigenvalue weighted by atomic mass is 10.1. The van der Waals surface area contributed by atoms with Gasteiger partial charge in [0.1, 0.15) is 0 Å². The molecule has 3 N–H and O–H groups in total. The van der Waals surface area contributed by atoms with E-state index in [1.54, 1.807) is 0 Å². The zero-order chi connectivity index (χ0) is 23.6. The topological polar surface area (TPSA) is 86.4 Å². The highest BCUT2D eigenvalue weighted by Crippen LogP contribution is 2.09. The van der Waals surface area contributed by atoms with Crippen molar-refractivity contribution in [1.82, 2.24) is 0 Å². The number of rotatable bonds is 21. The average molecular weight is 443 g/mol. The van der Waals surface area contributed by atoms with Gasteiger partial charge in [0.05, 0.1) is 27.2 Å². The Kier molecular flexibility index (Phi) is 26.4.